The number of nitrogens with zero attached hydrogens (tertiary/aromatic N) is 1. The maximum Gasteiger partial charge on any atom is 0.254 e. The molecule has 1 aliphatic rings. The van der Waals surface area contributed by atoms with E-state index < -0.39 is 6.10 Å². The average molecular weight is 507 g/mol. The van der Waals surface area contributed by atoms with Gasteiger partial charge in [-0.3, -0.25) is 4.79 Å². The summed E-state index contributed by atoms with van der Waals surface area (Å²) in [5.74, 6) is 0.846. The summed E-state index contributed by atoms with van der Waals surface area (Å²) in [4.78, 5) is 14.7. The molecule has 3 aromatic carbocycles. The predicted octanol–water partition coefficient (Wildman–Crippen LogP) is 6.30. The highest BCUT2D eigenvalue weighted by molar-refractivity contribution is 6.35. The first-order valence-corrected chi connectivity index (χ1v) is 11.5. The van der Waals surface area contributed by atoms with E-state index in [0.717, 1.165) is 11.1 Å². The van der Waals surface area contributed by atoms with Crippen molar-refractivity contribution in [3.05, 3.63) is 92.4 Å². The molecule has 0 spiro atoms. The third-order valence-corrected chi connectivity index (χ3v) is 6.19. The highest BCUT2D eigenvalue weighted by atomic mass is 35.5. The lowest BCUT2D eigenvalue weighted by molar-refractivity contribution is 0.0302. The van der Waals surface area contributed by atoms with E-state index in [1.54, 1.807) is 47.4 Å². The van der Waals surface area contributed by atoms with Gasteiger partial charge in [-0.2, -0.15) is 0 Å². The number of hydrogen-bond acceptors (Lipinski definition) is 4. The highest BCUT2D eigenvalue weighted by Crippen LogP contribution is 2.38. The summed E-state index contributed by atoms with van der Waals surface area (Å²) >= 11 is 18.7. The number of amides is 1. The maximum atomic E-state index is 12.9. The summed E-state index contributed by atoms with van der Waals surface area (Å²) in [6.07, 6.45) is -0.554. The van der Waals surface area contributed by atoms with Crippen molar-refractivity contribution in [3.8, 4) is 11.5 Å². The summed E-state index contributed by atoms with van der Waals surface area (Å²) in [5, 5.41) is 1.62. The first kappa shape index (κ1) is 23.7. The van der Waals surface area contributed by atoms with Gasteiger partial charge in [-0.1, -0.05) is 53.0 Å². The van der Waals surface area contributed by atoms with E-state index in [1.807, 2.05) is 18.2 Å². The van der Waals surface area contributed by atoms with Gasteiger partial charge < -0.3 is 19.1 Å². The molecule has 1 amide bonds. The first-order chi connectivity index (χ1) is 16.0. The van der Waals surface area contributed by atoms with Crippen LogP contribution in [0.3, 0.4) is 0 Å². The average Bonchev–Trinajstić information content (AvgIpc) is 2.84. The van der Waals surface area contributed by atoms with Gasteiger partial charge in [-0.15, -0.1) is 0 Å². The van der Waals surface area contributed by atoms with Crippen molar-refractivity contribution < 1.29 is 19.0 Å². The van der Waals surface area contributed by atoms with Gasteiger partial charge in [0.2, 0.25) is 0 Å². The number of ether oxygens (including phenoxy) is 3. The standard InChI is InChI=1S/C25H22Cl3NO4/c1-31-23-14-17(25(30)29-10-12-32-13-11-29)4-9-22(23)33-24(16-2-5-18(26)6-3-16)20-8-7-19(27)15-21(20)28/h2-9,14-15,24H,10-13H2,1H3. The zero-order valence-corrected chi connectivity index (χ0v) is 20.2. The SMILES string of the molecule is COc1cc(C(=O)N2CCOCC2)ccc1OC(c1ccc(Cl)cc1)c1ccc(Cl)cc1Cl. The van der Waals surface area contributed by atoms with Crippen molar-refractivity contribution >= 4 is 40.7 Å². The molecule has 1 heterocycles. The van der Waals surface area contributed by atoms with Gasteiger partial charge in [-0.25, -0.2) is 0 Å². The van der Waals surface area contributed by atoms with Gasteiger partial charge in [0, 0.05) is 39.3 Å². The van der Waals surface area contributed by atoms with Crippen LogP contribution in [0.1, 0.15) is 27.6 Å². The summed E-state index contributed by atoms with van der Waals surface area (Å²) in [7, 11) is 1.54. The number of morpholine rings is 1. The number of benzene rings is 3. The molecule has 0 saturated carbocycles. The van der Waals surface area contributed by atoms with Gasteiger partial charge in [0.25, 0.3) is 5.91 Å². The molecule has 8 heteroatoms. The summed E-state index contributed by atoms with van der Waals surface area (Å²) in [6.45, 7) is 2.20. The predicted molar refractivity (Wildman–Crippen MR) is 130 cm³/mol. The molecule has 1 unspecified atom stereocenters. The summed E-state index contributed by atoms with van der Waals surface area (Å²) in [6, 6.07) is 17.8. The van der Waals surface area contributed by atoms with Crippen molar-refractivity contribution in [2.45, 2.75) is 6.10 Å². The lowest BCUT2D eigenvalue weighted by Gasteiger charge is -2.27. The van der Waals surface area contributed by atoms with Crippen molar-refractivity contribution in [1.29, 1.82) is 0 Å². The molecular formula is C25H22Cl3NO4. The maximum absolute atomic E-state index is 12.9. The number of carbonyl (C=O) groups excluding carboxylic acids is 1. The number of rotatable bonds is 6. The van der Waals surface area contributed by atoms with Gasteiger partial charge in [0.1, 0.15) is 0 Å². The van der Waals surface area contributed by atoms with Crippen LogP contribution in [-0.4, -0.2) is 44.2 Å². The van der Waals surface area contributed by atoms with Crippen LogP contribution >= 0.6 is 34.8 Å². The number of methoxy groups -OCH3 is 1. The Balaban J connectivity index is 1.68. The molecule has 1 aliphatic heterocycles. The van der Waals surface area contributed by atoms with Crippen LogP contribution in [0.4, 0.5) is 0 Å². The second-order valence-corrected chi connectivity index (χ2v) is 8.77. The fourth-order valence-electron chi connectivity index (χ4n) is 3.64. The largest absolute Gasteiger partial charge is 0.493 e. The van der Waals surface area contributed by atoms with E-state index in [2.05, 4.69) is 0 Å². The molecule has 5 nitrogen and oxygen atoms in total. The summed E-state index contributed by atoms with van der Waals surface area (Å²) in [5.41, 5.74) is 2.10. The van der Waals surface area contributed by atoms with Crippen LogP contribution in [0.2, 0.25) is 15.1 Å². The Morgan fingerprint density at radius 3 is 2.27 bits per heavy atom. The second kappa shape index (κ2) is 10.7. The molecule has 4 rings (SSSR count). The third-order valence-electron chi connectivity index (χ3n) is 5.37. The normalized spacial score (nSPS) is 14.6. The van der Waals surface area contributed by atoms with E-state index in [9.17, 15) is 4.79 Å². The van der Waals surface area contributed by atoms with Crippen LogP contribution in [0.25, 0.3) is 0 Å². The highest BCUT2D eigenvalue weighted by Gasteiger charge is 2.24. The Labute approximate surface area is 207 Å². The minimum atomic E-state index is -0.554. The Kier molecular flexibility index (Phi) is 7.66. The van der Waals surface area contributed by atoms with Gasteiger partial charge in [-0.05, 0) is 48.0 Å². The fraction of sp³-hybridized carbons (Fsp3) is 0.240. The van der Waals surface area contributed by atoms with Crippen LogP contribution in [0.15, 0.2) is 60.7 Å². The topological polar surface area (TPSA) is 48.0 Å². The monoisotopic (exact) mass is 505 g/mol. The lowest BCUT2D eigenvalue weighted by Crippen LogP contribution is -2.40. The first-order valence-electron chi connectivity index (χ1n) is 10.4. The molecule has 3 aromatic rings. The fourth-order valence-corrected chi connectivity index (χ4v) is 4.27. The molecule has 1 fully saturated rings. The number of hydrogen-bond donors (Lipinski definition) is 0. The van der Waals surface area contributed by atoms with Crippen LogP contribution in [-0.2, 0) is 4.74 Å². The minimum Gasteiger partial charge on any atom is -0.493 e. The molecule has 0 aromatic heterocycles. The quantitative estimate of drug-likeness (QED) is 0.394. The van der Waals surface area contributed by atoms with Crippen molar-refractivity contribution in [2.75, 3.05) is 33.4 Å². The molecular weight excluding hydrogens is 485 g/mol. The van der Waals surface area contributed by atoms with E-state index in [1.165, 1.54) is 7.11 Å². The van der Waals surface area contributed by atoms with E-state index in [4.69, 9.17) is 49.0 Å². The van der Waals surface area contributed by atoms with Gasteiger partial charge in [0.05, 0.1) is 20.3 Å². The van der Waals surface area contributed by atoms with E-state index in [0.29, 0.717) is 58.4 Å². The van der Waals surface area contributed by atoms with Crippen molar-refractivity contribution in [3.63, 3.8) is 0 Å². The minimum absolute atomic E-state index is 0.0712. The molecule has 0 N–H and O–H groups in total. The second-order valence-electron chi connectivity index (χ2n) is 7.49. The van der Waals surface area contributed by atoms with Crippen LogP contribution < -0.4 is 9.47 Å². The zero-order chi connectivity index (χ0) is 23.4. The van der Waals surface area contributed by atoms with Crippen molar-refractivity contribution in [1.82, 2.24) is 4.90 Å². The van der Waals surface area contributed by atoms with Crippen molar-refractivity contribution in [2.24, 2.45) is 0 Å². The summed E-state index contributed by atoms with van der Waals surface area (Å²) < 4.78 is 17.3. The van der Waals surface area contributed by atoms with Crippen LogP contribution in [0, 0.1) is 0 Å². The molecule has 1 saturated heterocycles. The molecule has 33 heavy (non-hydrogen) atoms. The molecule has 0 aliphatic carbocycles. The Morgan fingerprint density at radius 1 is 0.909 bits per heavy atom. The molecule has 172 valence electrons. The molecule has 0 bridgehead atoms. The lowest BCUT2D eigenvalue weighted by atomic mass is 10.0. The smallest absolute Gasteiger partial charge is 0.254 e. The Bertz CT molecular complexity index is 1130. The van der Waals surface area contributed by atoms with Gasteiger partial charge >= 0.3 is 0 Å². The number of halogens is 3. The Morgan fingerprint density at radius 2 is 1.61 bits per heavy atom. The number of carbonyl (C=O) groups is 1. The Hall–Kier alpha value is -2.44. The molecule has 1 atom stereocenters. The molecule has 0 radical (unpaired) electrons. The zero-order valence-electron chi connectivity index (χ0n) is 17.9. The van der Waals surface area contributed by atoms with Crippen LogP contribution in [0.5, 0.6) is 11.5 Å². The van der Waals surface area contributed by atoms with E-state index >= 15 is 0 Å². The third kappa shape index (κ3) is 5.56. The van der Waals surface area contributed by atoms with E-state index in [-0.39, 0.29) is 5.91 Å². The van der Waals surface area contributed by atoms with Gasteiger partial charge in [0.15, 0.2) is 17.6 Å².